The average molecular weight is 433 g/mol. The number of aromatic nitrogens is 4. The summed E-state index contributed by atoms with van der Waals surface area (Å²) in [7, 11) is 0. The lowest BCUT2D eigenvalue weighted by Gasteiger charge is -2.14. The summed E-state index contributed by atoms with van der Waals surface area (Å²) in [5.74, 6) is 1.49. The van der Waals surface area contributed by atoms with Crippen LogP contribution in [0.4, 0.5) is 0 Å². The Labute approximate surface area is 180 Å². The molecule has 3 aromatic heterocycles. The molecule has 0 saturated carbocycles. The van der Waals surface area contributed by atoms with Crippen LogP contribution < -0.4 is 5.56 Å². The molecule has 0 N–H and O–H groups in total. The fourth-order valence-electron chi connectivity index (χ4n) is 3.18. The molecule has 0 radical (unpaired) electrons. The summed E-state index contributed by atoms with van der Waals surface area (Å²) >= 11 is 2.99. The molecule has 5 aromatic rings. The molecule has 0 amide bonds. The molecular formula is C22H16N4O2S2. The van der Waals surface area contributed by atoms with Crippen molar-refractivity contribution in [1.29, 1.82) is 0 Å². The number of hydrogen-bond donors (Lipinski definition) is 0. The van der Waals surface area contributed by atoms with Gasteiger partial charge in [-0.1, -0.05) is 47.3 Å². The molecule has 0 aliphatic rings. The fraction of sp³-hybridized carbons (Fsp3) is 0.0909. The monoisotopic (exact) mass is 432 g/mol. The van der Waals surface area contributed by atoms with E-state index in [9.17, 15) is 4.79 Å². The number of fused-ring (bicyclic) bond motifs is 1. The molecule has 8 heteroatoms. The molecule has 0 aliphatic heterocycles. The highest BCUT2D eigenvalue weighted by atomic mass is 32.2. The number of hydrogen-bond acceptors (Lipinski definition) is 7. The molecule has 0 spiro atoms. The van der Waals surface area contributed by atoms with Gasteiger partial charge in [-0.25, -0.2) is 4.98 Å². The van der Waals surface area contributed by atoms with Gasteiger partial charge in [0.1, 0.15) is 0 Å². The third kappa shape index (κ3) is 3.44. The van der Waals surface area contributed by atoms with Gasteiger partial charge in [-0.05, 0) is 42.1 Å². The van der Waals surface area contributed by atoms with Crippen molar-refractivity contribution in [2.45, 2.75) is 17.8 Å². The van der Waals surface area contributed by atoms with Crippen LogP contribution in [0.2, 0.25) is 0 Å². The third-order valence-corrected chi connectivity index (χ3v) is 6.29. The number of thiophene rings is 1. The van der Waals surface area contributed by atoms with Crippen molar-refractivity contribution in [3.63, 3.8) is 0 Å². The van der Waals surface area contributed by atoms with Gasteiger partial charge in [0.15, 0.2) is 11.0 Å². The topological polar surface area (TPSA) is 73.8 Å². The highest BCUT2D eigenvalue weighted by Gasteiger charge is 2.16. The van der Waals surface area contributed by atoms with Crippen LogP contribution in [0.1, 0.15) is 11.4 Å². The lowest BCUT2D eigenvalue weighted by atomic mass is 10.2. The van der Waals surface area contributed by atoms with Crippen LogP contribution in [-0.4, -0.2) is 19.7 Å². The van der Waals surface area contributed by atoms with E-state index in [0.29, 0.717) is 33.5 Å². The van der Waals surface area contributed by atoms with Crippen LogP contribution in [0, 0.1) is 6.92 Å². The highest BCUT2D eigenvalue weighted by Crippen LogP contribution is 2.26. The van der Waals surface area contributed by atoms with Crippen LogP contribution in [0.5, 0.6) is 0 Å². The van der Waals surface area contributed by atoms with Crippen molar-refractivity contribution >= 4 is 34.0 Å². The lowest BCUT2D eigenvalue weighted by Crippen LogP contribution is -2.22. The van der Waals surface area contributed by atoms with Crippen LogP contribution in [0.3, 0.4) is 0 Å². The first-order chi connectivity index (χ1) is 14.7. The van der Waals surface area contributed by atoms with Crippen LogP contribution in [0.15, 0.2) is 79.8 Å². The SMILES string of the molecule is Cc1ccccc1-n1c(SCc2noc(-c3ccsc3)n2)nc2ccccc2c1=O. The van der Waals surface area contributed by atoms with E-state index in [1.54, 1.807) is 22.0 Å². The first-order valence-corrected chi connectivity index (χ1v) is 11.2. The number of thioether (sulfide) groups is 1. The van der Waals surface area contributed by atoms with Crippen molar-refractivity contribution in [2.75, 3.05) is 0 Å². The largest absolute Gasteiger partial charge is 0.334 e. The molecule has 6 nitrogen and oxygen atoms in total. The van der Waals surface area contributed by atoms with Crippen molar-refractivity contribution in [3.8, 4) is 17.1 Å². The van der Waals surface area contributed by atoms with E-state index in [0.717, 1.165) is 16.8 Å². The Balaban J connectivity index is 1.56. The second-order valence-corrected chi connectivity index (χ2v) is 8.38. The summed E-state index contributed by atoms with van der Waals surface area (Å²) < 4.78 is 7.04. The summed E-state index contributed by atoms with van der Waals surface area (Å²) in [6, 6.07) is 17.1. The second-order valence-electron chi connectivity index (χ2n) is 6.66. The molecule has 0 atom stereocenters. The molecule has 148 valence electrons. The maximum atomic E-state index is 13.3. The fourth-order valence-corrected chi connectivity index (χ4v) is 4.66. The Morgan fingerprint density at radius 1 is 1.07 bits per heavy atom. The number of para-hydroxylation sites is 2. The zero-order valence-electron chi connectivity index (χ0n) is 16.0. The van der Waals surface area contributed by atoms with Gasteiger partial charge < -0.3 is 4.52 Å². The minimum absolute atomic E-state index is 0.0931. The van der Waals surface area contributed by atoms with E-state index < -0.39 is 0 Å². The maximum absolute atomic E-state index is 13.3. The first kappa shape index (κ1) is 18.8. The van der Waals surface area contributed by atoms with E-state index >= 15 is 0 Å². The van der Waals surface area contributed by atoms with E-state index in [1.807, 2.05) is 66.2 Å². The summed E-state index contributed by atoms with van der Waals surface area (Å²) in [4.78, 5) is 22.6. The Hall–Kier alpha value is -3.23. The lowest BCUT2D eigenvalue weighted by molar-refractivity contribution is 0.425. The molecule has 0 saturated heterocycles. The standard InChI is InChI=1S/C22H16N4O2S2/c1-14-6-2-5-9-18(14)26-21(27)16-7-3-4-8-17(16)23-22(26)30-13-19-24-20(28-25-19)15-10-11-29-12-15/h2-12H,13H2,1H3. The molecule has 0 bridgehead atoms. The van der Waals surface area contributed by atoms with Crippen LogP contribution in [-0.2, 0) is 5.75 Å². The van der Waals surface area contributed by atoms with Gasteiger partial charge in [0.05, 0.1) is 27.9 Å². The quantitative estimate of drug-likeness (QED) is 0.284. The van der Waals surface area contributed by atoms with E-state index in [4.69, 9.17) is 9.51 Å². The Kier molecular flexibility index (Phi) is 4.94. The predicted molar refractivity (Wildman–Crippen MR) is 119 cm³/mol. The Bertz CT molecular complexity index is 1390. The molecule has 30 heavy (non-hydrogen) atoms. The van der Waals surface area contributed by atoms with Gasteiger partial charge in [-0.2, -0.15) is 16.3 Å². The number of benzene rings is 2. The third-order valence-electron chi connectivity index (χ3n) is 4.67. The van der Waals surface area contributed by atoms with E-state index in [1.165, 1.54) is 11.8 Å². The molecule has 3 heterocycles. The summed E-state index contributed by atoms with van der Waals surface area (Å²) in [6.45, 7) is 1.98. The Morgan fingerprint density at radius 3 is 2.73 bits per heavy atom. The molecule has 0 unspecified atom stereocenters. The second kappa shape index (κ2) is 7.89. The minimum atomic E-state index is -0.0931. The van der Waals surface area contributed by atoms with Crippen LogP contribution >= 0.6 is 23.1 Å². The van der Waals surface area contributed by atoms with Crippen molar-refractivity contribution in [3.05, 3.63) is 87.1 Å². The molecule has 0 fully saturated rings. The number of aryl methyl sites for hydroxylation is 1. The van der Waals surface area contributed by atoms with Crippen molar-refractivity contribution in [2.24, 2.45) is 0 Å². The minimum Gasteiger partial charge on any atom is -0.334 e. The highest BCUT2D eigenvalue weighted by molar-refractivity contribution is 7.98. The Morgan fingerprint density at radius 2 is 1.90 bits per heavy atom. The van der Waals surface area contributed by atoms with Crippen molar-refractivity contribution in [1.82, 2.24) is 19.7 Å². The average Bonchev–Trinajstić information content (AvgIpc) is 3.45. The summed E-state index contributed by atoms with van der Waals surface area (Å²) in [5.41, 5.74) is 3.30. The normalized spacial score (nSPS) is 11.2. The zero-order chi connectivity index (χ0) is 20.5. The summed E-state index contributed by atoms with van der Waals surface area (Å²) in [5, 5.41) is 9.18. The van der Waals surface area contributed by atoms with Gasteiger partial charge in [-0.3, -0.25) is 9.36 Å². The van der Waals surface area contributed by atoms with Gasteiger partial charge in [0.25, 0.3) is 11.4 Å². The molecule has 5 rings (SSSR count). The van der Waals surface area contributed by atoms with Crippen LogP contribution in [0.25, 0.3) is 28.0 Å². The molecule has 0 aliphatic carbocycles. The summed E-state index contributed by atoms with van der Waals surface area (Å²) in [6.07, 6.45) is 0. The van der Waals surface area contributed by atoms with E-state index in [2.05, 4.69) is 10.1 Å². The van der Waals surface area contributed by atoms with E-state index in [-0.39, 0.29) is 5.56 Å². The maximum Gasteiger partial charge on any atom is 0.266 e. The first-order valence-electron chi connectivity index (χ1n) is 9.26. The predicted octanol–water partition coefficient (Wildman–Crippen LogP) is 5.10. The molecular weight excluding hydrogens is 416 g/mol. The van der Waals surface area contributed by atoms with Gasteiger partial charge in [0, 0.05) is 5.38 Å². The van der Waals surface area contributed by atoms with Gasteiger partial charge >= 0.3 is 0 Å². The van der Waals surface area contributed by atoms with Gasteiger partial charge in [-0.15, -0.1) is 0 Å². The number of rotatable bonds is 5. The zero-order valence-corrected chi connectivity index (χ0v) is 17.6. The number of nitrogens with zero attached hydrogens (tertiary/aromatic N) is 4. The van der Waals surface area contributed by atoms with Gasteiger partial charge in [0.2, 0.25) is 0 Å². The molecule has 2 aromatic carbocycles. The van der Waals surface area contributed by atoms with Crippen molar-refractivity contribution < 1.29 is 4.52 Å². The smallest absolute Gasteiger partial charge is 0.266 e.